The lowest BCUT2D eigenvalue weighted by Gasteiger charge is -2.26. The minimum absolute atomic E-state index is 0.0355. The monoisotopic (exact) mass is 484 g/mol. The van der Waals surface area contributed by atoms with Gasteiger partial charge in [-0.2, -0.15) is 0 Å². The van der Waals surface area contributed by atoms with Crippen molar-refractivity contribution < 1.29 is 9.59 Å². The minimum Gasteiger partial charge on any atom is -0.383 e. The van der Waals surface area contributed by atoms with Crippen LogP contribution in [0.1, 0.15) is 43.2 Å². The van der Waals surface area contributed by atoms with E-state index in [4.69, 9.17) is 5.73 Å². The van der Waals surface area contributed by atoms with Gasteiger partial charge in [0.25, 0.3) is 0 Å². The predicted molar refractivity (Wildman–Crippen MR) is 143 cm³/mol. The molecule has 1 saturated heterocycles. The second-order valence-corrected chi connectivity index (χ2v) is 9.70. The highest BCUT2D eigenvalue weighted by Crippen LogP contribution is 2.44. The average molecular weight is 485 g/mol. The van der Waals surface area contributed by atoms with E-state index in [0.29, 0.717) is 11.5 Å². The van der Waals surface area contributed by atoms with Gasteiger partial charge in [0.1, 0.15) is 17.8 Å². The van der Waals surface area contributed by atoms with Crippen molar-refractivity contribution in [1.29, 1.82) is 0 Å². The first-order chi connectivity index (χ1) is 17.4. The zero-order valence-corrected chi connectivity index (χ0v) is 20.9. The van der Waals surface area contributed by atoms with Crippen LogP contribution in [0.25, 0.3) is 27.9 Å². The molecule has 2 aromatic heterocycles. The van der Waals surface area contributed by atoms with Gasteiger partial charge in [-0.15, -0.1) is 0 Å². The number of hydrogen-bond donors (Lipinski definition) is 2. The summed E-state index contributed by atoms with van der Waals surface area (Å²) < 4.78 is 2.06. The maximum Gasteiger partial charge on any atom is 0.247 e. The highest BCUT2D eigenvalue weighted by Gasteiger charge is 2.30. The van der Waals surface area contributed by atoms with Crippen LogP contribution in [-0.2, 0) is 16.6 Å². The summed E-state index contributed by atoms with van der Waals surface area (Å²) in [5.41, 5.74) is 13.1. The molecule has 1 aliphatic heterocycles. The Kier molecular flexibility index (Phi) is 6.35. The van der Waals surface area contributed by atoms with Crippen LogP contribution in [0.4, 0.5) is 11.5 Å². The lowest BCUT2D eigenvalue weighted by molar-refractivity contribution is -0.134. The van der Waals surface area contributed by atoms with Crippen molar-refractivity contribution in [1.82, 2.24) is 19.4 Å². The molecule has 1 aliphatic carbocycles. The molecule has 5 rings (SSSR count). The Morgan fingerprint density at radius 2 is 2.00 bits per heavy atom. The van der Waals surface area contributed by atoms with Crippen LogP contribution >= 0.6 is 0 Å². The van der Waals surface area contributed by atoms with Gasteiger partial charge in [-0.1, -0.05) is 18.7 Å². The maximum absolute atomic E-state index is 13.0. The molecule has 186 valence electrons. The van der Waals surface area contributed by atoms with E-state index < -0.39 is 0 Å². The Balaban J connectivity index is 1.58. The molecule has 36 heavy (non-hydrogen) atoms. The molecule has 1 atom stereocenters. The molecule has 1 unspecified atom stereocenters. The topological polar surface area (TPSA) is 106 Å². The van der Waals surface area contributed by atoms with Crippen molar-refractivity contribution in [3.63, 3.8) is 0 Å². The smallest absolute Gasteiger partial charge is 0.247 e. The summed E-state index contributed by atoms with van der Waals surface area (Å²) in [7, 11) is 1.99. The molecule has 2 amide bonds. The zero-order valence-electron chi connectivity index (χ0n) is 20.9. The van der Waals surface area contributed by atoms with E-state index in [1.165, 1.54) is 18.0 Å². The van der Waals surface area contributed by atoms with Crippen molar-refractivity contribution in [2.45, 2.75) is 39.0 Å². The fourth-order valence-corrected chi connectivity index (χ4v) is 5.59. The zero-order chi connectivity index (χ0) is 25.4. The lowest BCUT2D eigenvalue weighted by Crippen LogP contribution is -2.34. The van der Waals surface area contributed by atoms with Crippen LogP contribution in [0, 0.1) is 12.8 Å². The average Bonchev–Trinajstić information content (AvgIpc) is 3.52. The van der Waals surface area contributed by atoms with Gasteiger partial charge < -0.3 is 20.5 Å². The first-order valence-electron chi connectivity index (χ1n) is 12.5. The third kappa shape index (κ3) is 4.17. The molecule has 1 aromatic carbocycles. The Morgan fingerprint density at radius 1 is 1.22 bits per heavy atom. The molecule has 0 spiro atoms. The van der Waals surface area contributed by atoms with Crippen LogP contribution in [0.3, 0.4) is 0 Å². The summed E-state index contributed by atoms with van der Waals surface area (Å²) in [6.07, 6.45) is 9.49. The number of anilines is 2. The number of benzene rings is 1. The number of nitrogens with zero attached hydrogens (tertiary/aromatic N) is 4. The van der Waals surface area contributed by atoms with E-state index in [1.54, 1.807) is 0 Å². The van der Waals surface area contributed by atoms with E-state index in [2.05, 4.69) is 32.5 Å². The number of allylic oxidation sites excluding steroid dienone is 2. The number of nitrogen functional groups attached to an aromatic ring is 1. The van der Waals surface area contributed by atoms with Gasteiger partial charge in [-0.25, -0.2) is 9.97 Å². The van der Waals surface area contributed by atoms with Gasteiger partial charge >= 0.3 is 0 Å². The molecule has 0 radical (unpaired) electrons. The summed E-state index contributed by atoms with van der Waals surface area (Å²) in [4.78, 5) is 35.6. The summed E-state index contributed by atoms with van der Waals surface area (Å²) in [6, 6.07) is 5.85. The van der Waals surface area contributed by atoms with Crippen LogP contribution in [0.2, 0.25) is 0 Å². The van der Waals surface area contributed by atoms with Crippen molar-refractivity contribution in [3.05, 3.63) is 54.4 Å². The molecule has 3 aromatic rings. The molecule has 1 fully saturated rings. The van der Waals surface area contributed by atoms with E-state index in [-0.39, 0.29) is 17.7 Å². The first-order valence-corrected chi connectivity index (χ1v) is 12.5. The number of aryl methyl sites for hydroxylation is 2. The van der Waals surface area contributed by atoms with Crippen molar-refractivity contribution in [2.75, 3.05) is 24.1 Å². The summed E-state index contributed by atoms with van der Waals surface area (Å²) in [5, 5.41) is 3.67. The number of rotatable bonds is 5. The summed E-state index contributed by atoms with van der Waals surface area (Å²) >= 11 is 0. The Morgan fingerprint density at radius 3 is 2.67 bits per heavy atom. The summed E-state index contributed by atoms with van der Waals surface area (Å²) in [5.74, 6) is 0.520. The van der Waals surface area contributed by atoms with Gasteiger partial charge in [-0.05, 0) is 68.4 Å². The van der Waals surface area contributed by atoms with Gasteiger partial charge in [0.2, 0.25) is 11.8 Å². The highest BCUT2D eigenvalue weighted by molar-refractivity contribution is 6.05. The number of amides is 2. The number of fused-ring (bicyclic) bond motifs is 1. The Hall–Kier alpha value is -3.94. The maximum atomic E-state index is 13.0. The largest absolute Gasteiger partial charge is 0.383 e. The molecule has 8 heteroatoms. The Bertz CT molecular complexity index is 1400. The van der Waals surface area contributed by atoms with Crippen molar-refractivity contribution >= 4 is 39.9 Å². The van der Waals surface area contributed by atoms with Crippen LogP contribution in [-0.4, -0.2) is 44.3 Å². The second kappa shape index (κ2) is 9.60. The number of nitrogens with one attached hydrogen (secondary N) is 1. The van der Waals surface area contributed by atoms with Gasteiger partial charge in [-0.3, -0.25) is 9.59 Å². The molecule has 8 nitrogen and oxygen atoms in total. The van der Waals surface area contributed by atoms with Gasteiger partial charge in [0, 0.05) is 42.9 Å². The predicted octanol–water partition coefficient (Wildman–Crippen LogP) is 4.46. The number of likely N-dealkylation sites (tertiary alicyclic amines) is 1. The van der Waals surface area contributed by atoms with Crippen molar-refractivity contribution in [2.24, 2.45) is 13.0 Å². The highest BCUT2D eigenvalue weighted by atomic mass is 16.2. The molecule has 0 bridgehead atoms. The van der Waals surface area contributed by atoms with E-state index in [1.807, 2.05) is 37.1 Å². The number of aromatic nitrogens is 3. The number of carbonyl (C=O) groups is 2. The van der Waals surface area contributed by atoms with Gasteiger partial charge in [0.05, 0.1) is 11.1 Å². The molecule has 0 saturated carbocycles. The van der Waals surface area contributed by atoms with E-state index in [9.17, 15) is 9.59 Å². The normalized spacial score (nSPS) is 17.8. The fourth-order valence-electron chi connectivity index (χ4n) is 5.59. The van der Waals surface area contributed by atoms with Crippen molar-refractivity contribution in [3.8, 4) is 11.3 Å². The summed E-state index contributed by atoms with van der Waals surface area (Å²) in [6.45, 7) is 7.31. The lowest BCUT2D eigenvalue weighted by atomic mass is 9.84. The van der Waals surface area contributed by atoms with E-state index in [0.717, 1.165) is 78.6 Å². The standard InChI is InChI=1S/C28H32N6O2/c1-4-22(35)32-20-11-12-21(17(2)15-20)25-23(24-26(29)30-16-31-27(24)33(25)3)18-7-9-19(10-8-18)28(36)34-13-5-6-14-34/h4,7,11-12,15-16,19H,1,5-6,8-10,13-14H2,2-3H3,(H,32,35)(H2,29,30,31). The van der Waals surface area contributed by atoms with Crippen LogP contribution < -0.4 is 11.1 Å². The molecular weight excluding hydrogens is 452 g/mol. The second-order valence-electron chi connectivity index (χ2n) is 9.70. The van der Waals surface area contributed by atoms with Gasteiger partial charge in [0.15, 0.2) is 0 Å². The molecular formula is C28H32N6O2. The number of hydrogen-bond acceptors (Lipinski definition) is 5. The first kappa shape index (κ1) is 23.8. The minimum atomic E-state index is -0.249. The van der Waals surface area contributed by atoms with E-state index >= 15 is 0 Å². The third-order valence-electron chi connectivity index (χ3n) is 7.43. The number of nitrogens with two attached hydrogens (primary N) is 1. The third-order valence-corrected chi connectivity index (χ3v) is 7.43. The molecule has 3 heterocycles. The molecule has 3 N–H and O–H groups in total. The Labute approximate surface area is 210 Å². The quantitative estimate of drug-likeness (QED) is 0.520. The van der Waals surface area contributed by atoms with Crippen LogP contribution in [0.15, 0.2) is 43.3 Å². The SMILES string of the molecule is C=CC(=O)Nc1ccc(-c2c(C3=CCC(C(=O)N4CCCC4)CC3)c3c(N)ncnc3n2C)c(C)c1. The fraction of sp³-hybridized carbons (Fsp3) is 0.357. The number of carbonyl (C=O) groups excluding carboxylic acids is 2. The molecule has 2 aliphatic rings. The van der Waals surface area contributed by atoms with Crippen LogP contribution in [0.5, 0.6) is 0 Å².